The van der Waals surface area contributed by atoms with Crippen LogP contribution in [0.15, 0.2) is 35.9 Å². The minimum absolute atomic E-state index is 0.0643. The van der Waals surface area contributed by atoms with Gasteiger partial charge in [-0.25, -0.2) is 4.39 Å². The first-order valence-electron chi connectivity index (χ1n) is 6.86. The van der Waals surface area contributed by atoms with Gasteiger partial charge in [0.15, 0.2) is 0 Å². The minimum atomic E-state index is -0.403. The van der Waals surface area contributed by atoms with Crippen LogP contribution in [0.1, 0.15) is 27.7 Å². The fourth-order valence-electron chi connectivity index (χ4n) is 2.35. The van der Waals surface area contributed by atoms with Crippen LogP contribution in [0.3, 0.4) is 0 Å². The molecule has 0 N–H and O–H groups in total. The minimum Gasteiger partial charge on any atom is -0.351 e. The molecular weight excluding hydrogens is 305 g/mol. The smallest absolute Gasteiger partial charge is 0.325 e. The van der Waals surface area contributed by atoms with Gasteiger partial charge in [0.2, 0.25) is 0 Å². The number of halogens is 2. The Morgan fingerprint density at radius 2 is 2.00 bits per heavy atom. The van der Waals surface area contributed by atoms with E-state index in [1.807, 2.05) is 27.7 Å². The molecule has 5 heteroatoms. The molecule has 1 aromatic carbocycles. The van der Waals surface area contributed by atoms with Gasteiger partial charge in [-0.2, -0.15) is 0 Å². The van der Waals surface area contributed by atoms with Crippen molar-refractivity contribution < 1.29 is 13.9 Å². The van der Waals surface area contributed by atoms with Crippen molar-refractivity contribution in [1.82, 2.24) is 0 Å². The highest BCUT2D eigenvalue weighted by molar-refractivity contribution is 6.30. The lowest BCUT2D eigenvalue weighted by atomic mass is 10.1. The third kappa shape index (κ3) is 4.57. The first-order valence-corrected chi connectivity index (χ1v) is 7.24. The van der Waals surface area contributed by atoms with Crippen molar-refractivity contribution in [1.29, 1.82) is 5.26 Å². The van der Waals surface area contributed by atoms with E-state index in [-0.39, 0.29) is 28.1 Å². The van der Waals surface area contributed by atoms with Crippen LogP contribution in [0, 0.1) is 34.6 Å². The molecule has 118 valence electrons. The van der Waals surface area contributed by atoms with Gasteiger partial charge in [-0.15, -0.1) is 5.26 Å². The molecule has 0 heterocycles. The van der Waals surface area contributed by atoms with Crippen molar-refractivity contribution in [3.05, 3.63) is 46.8 Å². The Morgan fingerprint density at radius 1 is 1.41 bits per heavy atom. The van der Waals surface area contributed by atoms with Crippen LogP contribution in [-0.2, 0) is 9.53 Å². The molecule has 22 heavy (non-hydrogen) atoms. The lowest BCUT2D eigenvalue weighted by Gasteiger charge is -1.97. The fourth-order valence-corrected chi connectivity index (χ4v) is 2.48. The van der Waals surface area contributed by atoms with E-state index in [1.54, 1.807) is 12.1 Å². The molecule has 1 fully saturated rings. The number of carbonyl (C=O) groups excluding carboxylic acids is 1. The van der Waals surface area contributed by atoms with Crippen LogP contribution in [0.25, 0.3) is 0 Å². The van der Waals surface area contributed by atoms with Crippen molar-refractivity contribution in [3.8, 4) is 6.26 Å². The number of esters is 1. The summed E-state index contributed by atoms with van der Waals surface area (Å²) in [5.41, 5.74) is 1.13. The largest absolute Gasteiger partial charge is 0.351 e. The zero-order valence-corrected chi connectivity index (χ0v) is 13.8. The molecule has 1 aliphatic rings. The Labute approximate surface area is 135 Å². The summed E-state index contributed by atoms with van der Waals surface area (Å²) in [5.74, 6) is -0.709. The Bertz CT molecular complexity index is 594. The number of allylic oxidation sites excluding steroid dienone is 2. The summed E-state index contributed by atoms with van der Waals surface area (Å²) < 4.78 is 16.5. The number of hydrogen-bond acceptors (Lipinski definition) is 3. The van der Waals surface area contributed by atoms with Gasteiger partial charge in [-0.05, 0) is 37.3 Å². The normalized spacial score (nSPS) is 20.8. The van der Waals surface area contributed by atoms with Gasteiger partial charge in [0.1, 0.15) is 5.82 Å². The molecule has 1 aromatic rings. The highest BCUT2D eigenvalue weighted by atomic mass is 35.5. The van der Waals surface area contributed by atoms with E-state index in [9.17, 15) is 9.18 Å². The van der Waals surface area contributed by atoms with Crippen LogP contribution in [0.4, 0.5) is 4.39 Å². The summed E-state index contributed by atoms with van der Waals surface area (Å²) in [4.78, 5) is 11.3. The van der Waals surface area contributed by atoms with E-state index < -0.39 is 5.97 Å². The molecule has 0 spiro atoms. The van der Waals surface area contributed by atoms with Gasteiger partial charge >= 0.3 is 5.97 Å². The van der Waals surface area contributed by atoms with Crippen LogP contribution in [0.2, 0.25) is 5.02 Å². The second-order valence-corrected chi connectivity index (χ2v) is 6.40. The van der Waals surface area contributed by atoms with Crippen LogP contribution >= 0.6 is 11.6 Å². The van der Waals surface area contributed by atoms with Gasteiger partial charge < -0.3 is 4.74 Å². The number of nitrogens with zero attached hydrogens (tertiary/aromatic N) is 1. The monoisotopic (exact) mass is 323 g/mol. The summed E-state index contributed by atoms with van der Waals surface area (Å²) in [6.45, 7) is 8.03. The quantitative estimate of drug-likeness (QED) is 0.449. The maximum Gasteiger partial charge on any atom is 0.325 e. The third-order valence-electron chi connectivity index (χ3n) is 3.65. The molecule has 2 unspecified atom stereocenters. The van der Waals surface area contributed by atoms with Crippen molar-refractivity contribution in [3.63, 3.8) is 0 Å². The molecule has 0 amide bonds. The second kappa shape index (κ2) is 7.42. The number of rotatable bonds is 2. The molecule has 2 atom stereocenters. The molecule has 0 bridgehead atoms. The zero-order valence-electron chi connectivity index (χ0n) is 13.1. The summed E-state index contributed by atoms with van der Waals surface area (Å²) in [6, 6.07) is 6.12. The molecule has 0 aromatic heterocycles. The number of benzene rings is 1. The molecule has 1 aliphatic carbocycles. The Morgan fingerprint density at radius 3 is 2.41 bits per heavy atom. The SMILES string of the molecule is CC(C)=CC1C(C(=O)OC#N)C1(C)C.Fc1ccccc1Cl. The average Bonchev–Trinajstić information content (AvgIpc) is 2.94. The lowest BCUT2D eigenvalue weighted by molar-refractivity contribution is -0.139. The fraction of sp³-hybridized carbons (Fsp3) is 0.412. The maximum atomic E-state index is 12.2. The highest BCUT2D eigenvalue weighted by Crippen LogP contribution is 2.59. The van der Waals surface area contributed by atoms with Crippen LogP contribution in [-0.4, -0.2) is 5.97 Å². The second-order valence-electron chi connectivity index (χ2n) is 6.00. The Kier molecular flexibility index (Phi) is 6.13. The zero-order chi connectivity index (χ0) is 16.9. The summed E-state index contributed by atoms with van der Waals surface area (Å²) in [7, 11) is 0. The van der Waals surface area contributed by atoms with Gasteiger partial charge in [-0.1, -0.05) is 49.2 Å². The third-order valence-corrected chi connectivity index (χ3v) is 3.95. The van der Waals surface area contributed by atoms with Gasteiger partial charge in [0, 0.05) is 0 Å². The van der Waals surface area contributed by atoms with Gasteiger partial charge in [0.25, 0.3) is 6.26 Å². The van der Waals surface area contributed by atoms with Crippen molar-refractivity contribution >= 4 is 17.6 Å². The lowest BCUT2D eigenvalue weighted by Crippen LogP contribution is -2.07. The maximum absolute atomic E-state index is 12.2. The summed E-state index contributed by atoms with van der Waals surface area (Å²) in [6.07, 6.45) is 3.50. The molecular formula is C17H19ClFNO2. The first kappa shape index (κ1) is 18.2. The van der Waals surface area contributed by atoms with Gasteiger partial charge in [0.05, 0.1) is 10.9 Å². The van der Waals surface area contributed by atoms with Crippen molar-refractivity contribution in [2.45, 2.75) is 27.7 Å². The topological polar surface area (TPSA) is 50.1 Å². The summed E-state index contributed by atoms with van der Waals surface area (Å²) >= 11 is 5.33. The molecule has 0 saturated heterocycles. The molecule has 0 radical (unpaired) electrons. The standard InChI is InChI=1S/C11H15NO2.C6H4ClF/c1-7(2)5-8-9(11(8,3)4)10(13)14-6-12;7-5-3-1-2-4-6(5)8/h5,8-9H,1-4H3;1-4H. The van der Waals surface area contributed by atoms with E-state index in [2.05, 4.69) is 10.8 Å². The molecule has 2 rings (SSSR count). The molecule has 0 aliphatic heterocycles. The van der Waals surface area contributed by atoms with E-state index in [0.29, 0.717) is 0 Å². The number of ether oxygens (including phenoxy) is 1. The van der Waals surface area contributed by atoms with Gasteiger partial charge in [-0.3, -0.25) is 4.79 Å². The average molecular weight is 324 g/mol. The Hall–Kier alpha value is -1.86. The van der Waals surface area contributed by atoms with E-state index in [1.165, 1.54) is 24.0 Å². The predicted molar refractivity (Wildman–Crippen MR) is 83.3 cm³/mol. The van der Waals surface area contributed by atoms with E-state index in [4.69, 9.17) is 16.9 Å². The number of nitriles is 1. The van der Waals surface area contributed by atoms with Crippen LogP contribution < -0.4 is 0 Å². The Balaban J connectivity index is 0.000000255. The molecule has 3 nitrogen and oxygen atoms in total. The van der Waals surface area contributed by atoms with Crippen molar-refractivity contribution in [2.75, 3.05) is 0 Å². The highest BCUT2D eigenvalue weighted by Gasteiger charge is 2.61. The summed E-state index contributed by atoms with van der Waals surface area (Å²) in [5, 5.41) is 8.42. The first-order chi connectivity index (χ1) is 10.2. The van der Waals surface area contributed by atoms with E-state index in [0.717, 1.165) is 0 Å². The number of hydrogen-bond donors (Lipinski definition) is 0. The van der Waals surface area contributed by atoms with Crippen LogP contribution in [0.5, 0.6) is 0 Å². The van der Waals surface area contributed by atoms with Crippen molar-refractivity contribution in [2.24, 2.45) is 17.3 Å². The predicted octanol–water partition coefficient (Wildman–Crippen LogP) is 4.73. The molecule has 1 saturated carbocycles. The van der Waals surface area contributed by atoms with E-state index >= 15 is 0 Å². The number of carbonyl (C=O) groups is 1.